The fraction of sp³-hybridized carbons (Fsp3) is 1.00. The van der Waals surface area contributed by atoms with Crippen molar-refractivity contribution in [2.24, 2.45) is 5.41 Å². The minimum atomic E-state index is 0.0226. The number of hydrogen-bond acceptors (Lipinski definition) is 1. The third kappa shape index (κ3) is 2.78. The van der Waals surface area contributed by atoms with E-state index in [2.05, 4.69) is 46.4 Å². The molecule has 86 valence electrons. The molecule has 1 heterocycles. The molecule has 0 spiro atoms. The largest absolute Gasteiger partial charge is 0.299 e. The molecule has 0 atom stereocenters. The van der Waals surface area contributed by atoms with Crippen molar-refractivity contribution in [3.8, 4) is 0 Å². The molecule has 1 aliphatic rings. The summed E-state index contributed by atoms with van der Waals surface area (Å²) in [5.41, 5.74) is 0.510. The van der Waals surface area contributed by atoms with E-state index in [0.29, 0.717) is 5.54 Å². The smallest absolute Gasteiger partial charge is 0.0754 e. The van der Waals surface area contributed by atoms with Crippen molar-refractivity contribution in [3.63, 3.8) is 0 Å². The minimum absolute atomic E-state index is 0.0226. The Hall–Kier alpha value is 0.0249. The zero-order chi connectivity index (χ0) is 11.9. The Bertz CT molecular complexity index is 214. The molecular formula is C13H26BN. The maximum absolute atomic E-state index is 6.51. The van der Waals surface area contributed by atoms with E-state index in [0.717, 1.165) is 25.9 Å². The summed E-state index contributed by atoms with van der Waals surface area (Å²) in [5.74, 6) is 0. The molecule has 0 aromatic carbocycles. The van der Waals surface area contributed by atoms with E-state index in [1.165, 1.54) is 0 Å². The predicted molar refractivity (Wildman–Crippen MR) is 68.5 cm³/mol. The monoisotopic (exact) mass is 207 g/mol. The van der Waals surface area contributed by atoms with Gasteiger partial charge in [0.05, 0.1) is 7.85 Å². The van der Waals surface area contributed by atoms with Gasteiger partial charge in [0.2, 0.25) is 0 Å². The predicted octanol–water partition coefficient (Wildman–Crippen LogP) is 3.25. The minimum Gasteiger partial charge on any atom is -0.299 e. The summed E-state index contributed by atoms with van der Waals surface area (Å²) >= 11 is 0. The van der Waals surface area contributed by atoms with E-state index in [4.69, 9.17) is 7.85 Å². The molecule has 15 heavy (non-hydrogen) atoms. The second kappa shape index (κ2) is 3.80. The molecule has 0 aliphatic carbocycles. The quantitative estimate of drug-likeness (QED) is 0.551. The summed E-state index contributed by atoms with van der Waals surface area (Å²) in [4.78, 5) is 2.55. The highest BCUT2D eigenvalue weighted by Gasteiger charge is 2.40. The first-order chi connectivity index (χ1) is 6.56. The van der Waals surface area contributed by atoms with Crippen LogP contribution in [0, 0.1) is 5.41 Å². The molecular weight excluding hydrogens is 181 g/mol. The van der Waals surface area contributed by atoms with Crippen LogP contribution in [0.5, 0.6) is 0 Å². The Morgan fingerprint density at radius 3 is 1.60 bits per heavy atom. The van der Waals surface area contributed by atoms with E-state index in [1.54, 1.807) is 0 Å². The SMILES string of the molecule is [B]C1(C(C)(C)C)CCN(C(C)(C)C)CC1. The molecule has 1 rings (SSSR count). The van der Waals surface area contributed by atoms with Crippen LogP contribution in [0.15, 0.2) is 0 Å². The maximum Gasteiger partial charge on any atom is 0.0754 e. The number of likely N-dealkylation sites (tertiary alicyclic amines) is 1. The van der Waals surface area contributed by atoms with Gasteiger partial charge in [-0.1, -0.05) is 26.1 Å². The molecule has 0 aromatic heterocycles. The zero-order valence-corrected chi connectivity index (χ0v) is 11.4. The molecule has 2 radical (unpaired) electrons. The van der Waals surface area contributed by atoms with Crippen LogP contribution in [-0.2, 0) is 0 Å². The van der Waals surface area contributed by atoms with Crippen molar-refractivity contribution in [2.75, 3.05) is 13.1 Å². The van der Waals surface area contributed by atoms with Crippen LogP contribution in [0.1, 0.15) is 54.4 Å². The zero-order valence-electron chi connectivity index (χ0n) is 11.4. The first-order valence-electron chi connectivity index (χ1n) is 6.10. The summed E-state index contributed by atoms with van der Waals surface area (Å²) in [6.07, 6.45) is 2.24. The molecule has 0 N–H and O–H groups in total. The average molecular weight is 207 g/mol. The van der Waals surface area contributed by atoms with Gasteiger partial charge in [0.1, 0.15) is 0 Å². The van der Waals surface area contributed by atoms with E-state index in [9.17, 15) is 0 Å². The molecule has 1 nitrogen and oxygen atoms in total. The average Bonchev–Trinajstić information content (AvgIpc) is 2.01. The molecule has 0 saturated carbocycles. The van der Waals surface area contributed by atoms with Gasteiger partial charge in [-0.3, -0.25) is 4.90 Å². The second-order valence-corrected chi connectivity index (χ2v) is 7.06. The van der Waals surface area contributed by atoms with Crippen molar-refractivity contribution in [2.45, 2.75) is 65.2 Å². The Labute approximate surface area is 97.0 Å². The van der Waals surface area contributed by atoms with E-state index in [1.807, 2.05) is 0 Å². The first-order valence-corrected chi connectivity index (χ1v) is 6.10. The highest BCUT2D eigenvalue weighted by molar-refractivity contribution is 6.15. The van der Waals surface area contributed by atoms with Crippen LogP contribution in [0.2, 0.25) is 5.31 Å². The van der Waals surface area contributed by atoms with Crippen molar-refractivity contribution in [1.82, 2.24) is 4.90 Å². The van der Waals surface area contributed by atoms with Crippen LogP contribution in [0.25, 0.3) is 0 Å². The van der Waals surface area contributed by atoms with E-state index >= 15 is 0 Å². The number of rotatable bonds is 0. The lowest BCUT2D eigenvalue weighted by molar-refractivity contribution is 0.0621. The van der Waals surface area contributed by atoms with Gasteiger partial charge < -0.3 is 0 Å². The lowest BCUT2D eigenvalue weighted by Crippen LogP contribution is -2.49. The normalized spacial score (nSPS) is 24.1. The Morgan fingerprint density at radius 1 is 0.933 bits per heavy atom. The summed E-state index contributed by atoms with van der Waals surface area (Å²) in [7, 11) is 6.51. The Morgan fingerprint density at radius 2 is 1.33 bits per heavy atom. The lowest BCUT2D eigenvalue weighted by atomic mass is 9.50. The summed E-state index contributed by atoms with van der Waals surface area (Å²) in [6, 6.07) is 0. The number of hydrogen-bond donors (Lipinski definition) is 0. The van der Waals surface area contributed by atoms with Gasteiger partial charge in [-0.05, 0) is 52.1 Å². The van der Waals surface area contributed by atoms with Gasteiger partial charge in [-0.2, -0.15) is 0 Å². The first kappa shape index (κ1) is 13.1. The fourth-order valence-corrected chi connectivity index (χ4v) is 2.33. The molecule has 1 fully saturated rings. The Kier molecular flexibility index (Phi) is 3.32. The van der Waals surface area contributed by atoms with E-state index < -0.39 is 0 Å². The molecule has 1 saturated heterocycles. The van der Waals surface area contributed by atoms with Gasteiger partial charge in [-0.25, -0.2) is 0 Å². The highest BCUT2D eigenvalue weighted by Crippen LogP contribution is 2.51. The number of piperidine rings is 1. The van der Waals surface area contributed by atoms with Crippen LogP contribution in [-0.4, -0.2) is 31.4 Å². The van der Waals surface area contributed by atoms with Gasteiger partial charge in [0.15, 0.2) is 0 Å². The van der Waals surface area contributed by atoms with Gasteiger partial charge >= 0.3 is 0 Å². The summed E-state index contributed by atoms with van der Waals surface area (Å²) in [5, 5.41) is 0.0226. The maximum atomic E-state index is 6.51. The van der Waals surface area contributed by atoms with Crippen LogP contribution >= 0.6 is 0 Å². The van der Waals surface area contributed by atoms with Crippen LogP contribution < -0.4 is 0 Å². The standard InChI is InChI=1S/C13H26BN/c1-11(2,3)13(14)7-9-15(10-8-13)12(4,5)6/h7-10H2,1-6H3. The topological polar surface area (TPSA) is 3.24 Å². The molecule has 1 aliphatic heterocycles. The lowest BCUT2D eigenvalue weighted by Gasteiger charge is -2.51. The van der Waals surface area contributed by atoms with Gasteiger partial charge in [0, 0.05) is 5.54 Å². The van der Waals surface area contributed by atoms with Crippen molar-refractivity contribution >= 4 is 7.85 Å². The third-order valence-electron chi connectivity index (χ3n) is 4.10. The number of nitrogens with zero attached hydrogens (tertiary/aromatic N) is 1. The van der Waals surface area contributed by atoms with Crippen LogP contribution in [0.4, 0.5) is 0 Å². The van der Waals surface area contributed by atoms with Crippen molar-refractivity contribution in [1.29, 1.82) is 0 Å². The fourth-order valence-electron chi connectivity index (χ4n) is 2.33. The van der Waals surface area contributed by atoms with E-state index in [-0.39, 0.29) is 10.7 Å². The van der Waals surface area contributed by atoms with Gasteiger partial charge in [0.25, 0.3) is 0 Å². The summed E-state index contributed by atoms with van der Waals surface area (Å²) < 4.78 is 0. The molecule has 2 heteroatoms. The van der Waals surface area contributed by atoms with Gasteiger partial charge in [-0.15, -0.1) is 0 Å². The van der Waals surface area contributed by atoms with Crippen LogP contribution in [0.3, 0.4) is 0 Å². The molecule has 0 unspecified atom stereocenters. The molecule has 0 amide bonds. The van der Waals surface area contributed by atoms with Crippen molar-refractivity contribution in [3.05, 3.63) is 0 Å². The van der Waals surface area contributed by atoms with Crippen molar-refractivity contribution < 1.29 is 0 Å². The Balaban J connectivity index is 2.64. The third-order valence-corrected chi connectivity index (χ3v) is 4.10. The molecule has 0 aromatic rings. The highest BCUT2D eigenvalue weighted by atomic mass is 15.2. The molecule has 0 bridgehead atoms. The second-order valence-electron chi connectivity index (χ2n) is 7.06. The summed E-state index contributed by atoms with van der Waals surface area (Å²) in [6.45, 7) is 15.9.